The van der Waals surface area contributed by atoms with Crippen LogP contribution in [0.5, 0.6) is 11.5 Å². The molecule has 3 rings (SSSR count). The van der Waals surface area contributed by atoms with E-state index >= 15 is 0 Å². The number of ether oxygens (including phenoxy) is 2. The van der Waals surface area contributed by atoms with E-state index in [1.165, 1.54) is 0 Å². The average Bonchev–Trinajstić information content (AvgIpc) is 3.03. The lowest BCUT2D eigenvalue weighted by Crippen LogP contribution is -2.40. The highest BCUT2D eigenvalue weighted by Crippen LogP contribution is 2.44. The van der Waals surface area contributed by atoms with Crippen LogP contribution < -0.4 is 14.2 Å². The summed E-state index contributed by atoms with van der Waals surface area (Å²) in [5.74, 6) is 2.87. The van der Waals surface area contributed by atoms with Crippen molar-refractivity contribution in [3.8, 4) is 11.5 Å². The zero-order valence-corrected chi connectivity index (χ0v) is 13.1. The molecule has 0 aromatic heterocycles. The van der Waals surface area contributed by atoms with Gasteiger partial charge in [-0.05, 0) is 29.9 Å². The van der Waals surface area contributed by atoms with Gasteiger partial charge in [0.25, 0.3) is 0 Å². The Morgan fingerprint density at radius 1 is 1.19 bits per heavy atom. The third-order valence-corrected chi connectivity index (χ3v) is 5.97. The molecule has 1 heterocycles. The lowest BCUT2D eigenvalue weighted by atomic mass is 10.3. The van der Waals surface area contributed by atoms with Gasteiger partial charge in [-0.25, -0.2) is 13.1 Å². The molecule has 1 aliphatic carbocycles. The van der Waals surface area contributed by atoms with E-state index in [2.05, 4.69) is 18.6 Å². The van der Waals surface area contributed by atoms with Crippen LogP contribution >= 0.6 is 0 Å². The maximum Gasteiger partial charge on any atom is 0.215 e. The zero-order valence-electron chi connectivity index (χ0n) is 12.3. The minimum absolute atomic E-state index is 0.0726. The summed E-state index contributed by atoms with van der Waals surface area (Å²) in [5, 5.41) is 0. The van der Waals surface area contributed by atoms with Gasteiger partial charge in [0.15, 0.2) is 11.5 Å². The Labute approximate surface area is 125 Å². The topological polar surface area (TPSA) is 64.6 Å². The molecule has 1 aromatic rings. The summed E-state index contributed by atoms with van der Waals surface area (Å²) in [7, 11) is -3.34. The number of para-hydroxylation sites is 2. The SMILES string of the molecule is C[C@H]1C(CNS(=O)(=O)CC2COc3ccccc3O2)[C@@H]1C. The molecule has 0 radical (unpaired) electrons. The van der Waals surface area contributed by atoms with E-state index in [4.69, 9.17) is 9.47 Å². The number of hydrogen-bond donors (Lipinski definition) is 1. The quantitative estimate of drug-likeness (QED) is 0.898. The molecule has 1 aromatic carbocycles. The summed E-state index contributed by atoms with van der Waals surface area (Å²) < 4.78 is 38.1. The minimum atomic E-state index is -3.34. The molecule has 0 amide bonds. The highest BCUT2D eigenvalue weighted by molar-refractivity contribution is 7.89. The van der Waals surface area contributed by atoms with Crippen LogP contribution in [0.25, 0.3) is 0 Å². The summed E-state index contributed by atoms with van der Waals surface area (Å²) in [4.78, 5) is 0. The molecule has 21 heavy (non-hydrogen) atoms. The lowest BCUT2D eigenvalue weighted by molar-refractivity contribution is 0.106. The van der Waals surface area contributed by atoms with Gasteiger partial charge in [0.05, 0.1) is 0 Å². The normalized spacial score (nSPS) is 31.0. The molecule has 3 atom stereocenters. The van der Waals surface area contributed by atoms with Gasteiger partial charge in [0, 0.05) is 6.54 Å². The van der Waals surface area contributed by atoms with Crippen molar-refractivity contribution < 1.29 is 17.9 Å². The molecule has 0 spiro atoms. The van der Waals surface area contributed by atoms with Gasteiger partial charge in [0.2, 0.25) is 10.0 Å². The Kier molecular flexibility index (Phi) is 3.84. The lowest BCUT2D eigenvalue weighted by Gasteiger charge is -2.26. The van der Waals surface area contributed by atoms with Crippen LogP contribution in [-0.2, 0) is 10.0 Å². The number of sulfonamides is 1. The van der Waals surface area contributed by atoms with Gasteiger partial charge in [-0.15, -0.1) is 0 Å². The molecular weight excluding hydrogens is 290 g/mol. The Bertz CT molecular complexity index is 608. The Morgan fingerprint density at radius 3 is 2.52 bits per heavy atom. The van der Waals surface area contributed by atoms with Gasteiger partial charge < -0.3 is 9.47 Å². The molecule has 1 unspecified atom stereocenters. The largest absolute Gasteiger partial charge is 0.486 e. The third-order valence-electron chi connectivity index (χ3n) is 4.55. The van der Waals surface area contributed by atoms with Crippen molar-refractivity contribution in [3.63, 3.8) is 0 Å². The molecule has 1 aliphatic heterocycles. The van der Waals surface area contributed by atoms with E-state index in [1.807, 2.05) is 18.2 Å². The fourth-order valence-corrected chi connectivity index (χ4v) is 4.03. The molecule has 2 aliphatic rings. The van der Waals surface area contributed by atoms with E-state index in [0.717, 1.165) is 0 Å². The standard InChI is InChI=1S/C15H21NO4S/c1-10-11(2)13(10)7-16-21(17,18)9-12-8-19-14-5-3-4-6-15(14)20-12/h3-6,10-13,16H,7-9H2,1-2H3/t10-,11-,12?/m1/s1. The predicted molar refractivity (Wildman–Crippen MR) is 80.0 cm³/mol. The summed E-state index contributed by atoms with van der Waals surface area (Å²) >= 11 is 0. The van der Waals surface area contributed by atoms with Crippen LogP contribution in [0.2, 0.25) is 0 Å². The second-order valence-corrected chi connectivity index (χ2v) is 7.86. The molecular formula is C15H21NO4S. The highest BCUT2D eigenvalue weighted by atomic mass is 32.2. The Hall–Kier alpha value is -1.27. The average molecular weight is 311 g/mol. The fraction of sp³-hybridized carbons (Fsp3) is 0.600. The third kappa shape index (κ3) is 3.32. The van der Waals surface area contributed by atoms with Crippen molar-refractivity contribution in [1.29, 1.82) is 0 Å². The van der Waals surface area contributed by atoms with Gasteiger partial charge in [-0.1, -0.05) is 26.0 Å². The van der Waals surface area contributed by atoms with Crippen LogP contribution in [0.15, 0.2) is 24.3 Å². The number of fused-ring (bicyclic) bond motifs is 1. The highest BCUT2D eigenvalue weighted by Gasteiger charge is 2.43. The zero-order chi connectivity index (χ0) is 15.0. The summed E-state index contributed by atoms with van der Waals surface area (Å²) in [5.41, 5.74) is 0. The van der Waals surface area contributed by atoms with Crippen LogP contribution in [0.4, 0.5) is 0 Å². The summed E-state index contributed by atoms with van der Waals surface area (Å²) in [6.07, 6.45) is -0.466. The second-order valence-electron chi connectivity index (χ2n) is 6.01. The summed E-state index contributed by atoms with van der Waals surface area (Å²) in [6, 6.07) is 7.30. The number of rotatable bonds is 5. The van der Waals surface area contributed by atoms with Crippen LogP contribution in [0.1, 0.15) is 13.8 Å². The first-order valence-electron chi connectivity index (χ1n) is 7.32. The van der Waals surface area contributed by atoms with Crippen LogP contribution in [-0.4, -0.2) is 33.4 Å². The fourth-order valence-electron chi connectivity index (χ4n) is 2.81. The maximum absolute atomic E-state index is 12.1. The van der Waals surface area contributed by atoms with Gasteiger partial charge >= 0.3 is 0 Å². The van der Waals surface area contributed by atoms with Gasteiger partial charge in [-0.2, -0.15) is 0 Å². The minimum Gasteiger partial charge on any atom is -0.486 e. The van der Waals surface area contributed by atoms with E-state index in [-0.39, 0.29) is 12.4 Å². The van der Waals surface area contributed by atoms with Crippen molar-refractivity contribution in [1.82, 2.24) is 4.72 Å². The predicted octanol–water partition coefficient (Wildman–Crippen LogP) is 1.65. The van der Waals surface area contributed by atoms with Gasteiger partial charge in [-0.3, -0.25) is 0 Å². The molecule has 1 fully saturated rings. The van der Waals surface area contributed by atoms with Crippen molar-refractivity contribution >= 4 is 10.0 Å². The maximum atomic E-state index is 12.1. The molecule has 0 bridgehead atoms. The first-order chi connectivity index (χ1) is 9.96. The smallest absolute Gasteiger partial charge is 0.215 e. The Morgan fingerprint density at radius 2 is 1.86 bits per heavy atom. The molecule has 1 N–H and O–H groups in total. The van der Waals surface area contributed by atoms with Crippen molar-refractivity contribution in [3.05, 3.63) is 24.3 Å². The monoisotopic (exact) mass is 311 g/mol. The number of hydrogen-bond acceptors (Lipinski definition) is 4. The molecule has 116 valence electrons. The molecule has 0 saturated heterocycles. The number of benzene rings is 1. The molecule has 1 saturated carbocycles. The second kappa shape index (κ2) is 5.50. The van der Waals surface area contributed by atoms with Crippen LogP contribution in [0, 0.1) is 17.8 Å². The van der Waals surface area contributed by atoms with Gasteiger partial charge in [0.1, 0.15) is 18.5 Å². The summed E-state index contributed by atoms with van der Waals surface area (Å²) in [6.45, 7) is 5.08. The van der Waals surface area contributed by atoms with Crippen molar-refractivity contribution in [2.75, 3.05) is 18.9 Å². The van der Waals surface area contributed by atoms with Crippen molar-refractivity contribution in [2.45, 2.75) is 20.0 Å². The first-order valence-corrected chi connectivity index (χ1v) is 8.97. The van der Waals surface area contributed by atoms with E-state index < -0.39 is 16.1 Å². The first kappa shape index (κ1) is 14.7. The van der Waals surface area contributed by atoms with Crippen LogP contribution in [0.3, 0.4) is 0 Å². The van der Waals surface area contributed by atoms with E-state index in [1.54, 1.807) is 6.07 Å². The Balaban J connectivity index is 1.54. The molecule has 5 nitrogen and oxygen atoms in total. The molecule has 6 heteroatoms. The van der Waals surface area contributed by atoms with E-state index in [0.29, 0.717) is 35.8 Å². The van der Waals surface area contributed by atoms with E-state index in [9.17, 15) is 8.42 Å². The van der Waals surface area contributed by atoms with Crippen molar-refractivity contribution in [2.24, 2.45) is 17.8 Å². The number of nitrogens with one attached hydrogen (secondary N) is 1.